The number of piperazine rings is 1. The maximum absolute atomic E-state index is 14.5. The lowest BCUT2D eigenvalue weighted by molar-refractivity contribution is 0.230. The monoisotopic (exact) mass is 360 g/mol. The molecule has 0 amide bonds. The molecular weight excluding hydrogens is 334 g/mol. The number of hydrogen-bond acceptors (Lipinski definition) is 3. The number of hydrogen-bond donors (Lipinski definition) is 0. The highest BCUT2D eigenvalue weighted by atomic mass is 19.1. The highest BCUT2D eigenvalue weighted by Crippen LogP contribution is 2.29. The Balaban J connectivity index is 1.64. The van der Waals surface area contributed by atoms with Gasteiger partial charge in [-0.3, -0.25) is 4.90 Å². The summed E-state index contributed by atoms with van der Waals surface area (Å²) in [7, 11) is 0. The molecule has 1 heterocycles. The molecule has 2 aromatic rings. The van der Waals surface area contributed by atoms with Gasteiger partial charge in [0.25, 0.3) is 0 Å². The quantitative estimate of drug-likeness (QED) is 0.763. The molecule has 0 unspecified atom stereocenters. The molecule has 0 radical (unpaired) electrons. The van der Waals surface area contributed by atoms with E-state index in [0.717, 1.165) is 31.3 Å². The van der Waals surface area contributed by atoms with E-state index in [1.165, 1.54) is 6.07 Å². The smallest absolute Gasteiger partial charge is 0.167 e. The summed E-state index contributed by atoms with van der Waals surface area (Å²) >= 11 is 0. The van der Waals surface area contributed by atoms with E-state index in [0.29, 0.717) is 24.7 Å². The zero-order valence-electron chi connectivity index (χ0n) is 15.4. The molecule has 1 saturated heterocycles. The topological polar surface area (TPSA) is 15.7 Å². The van der Waals surface area contributed by atoms with E-state index in [9.17, 15) is 8.78 Å². The van der Waals surface area contributed by atoms with E-state index in [-0.39, 0.29) is 12.4 Å². The van der Waals surface area contributed by atoms with Crippen molar-refractivity contribution in [3.63, 3.8) is 0 Å². The van der Waals surface area contributed by atoms with Gasteiger partial charge in [0.15, 0.2) is 11.6 Å². The Hall–Kier alpha value is -2.14. The van der Waals surface area contributed by atoms with Crippen molar-refractivity contribution in [2.45, 2.75) is 20.5 Å². The van der Waals surface area contributed by atoms with Crippen LogP contribution < -0.4 is 9.64 Å². The number of halogens is 2. The molecule has 5 heteroatoms. The molecule has 1 aliphatic heterocycles. The Labute approximate surface area is 154 Å². The van der Waals surface area contributed by atoms with Crippen LogP contribution in [0.25, 0.3) is 0 Å². The van der Waals surface area contributed by atoms with Crippen molar-refractivity contribution in [3.8, 4) is 5.75 Å². The van der Waals surface area contributed by atoms with Crippen LogP contribution in [0.15, 0.2) is 42.5 Å². The van der Waals surface area contributed by atoms with Gasteiger partial charge in [-0.05, 0) is 11.5 Å². The Morgan fingerprint density at radius 1 is 0.962 bits per heavy atom. The minimum absolute atomic E-state index is 0.0476. The van der Waals surface area contributed by atoms with Crippen molar-refractivity contribution in [3.05, 3.63) is 59.7 Å². The van der Waals surface area contributed by atoms with Crippen LogP contribution in [-0.2, 0) is 6.61 Å². The molecular formula is C21H26F2N2O. The average molecular weight is 360 g/mol. The van der Waals surface area contributed by atoms with E-state index < -0.39 is 11.6 Å². The molecule has 26 heavy (non-hydrogen) atoms. The van der Waals surface area contributed by atoms with Crippen molar-refractivity contribution < 1.29 is 13.5 Å². The van der Waals surface area contributed by atoms with Crippen molar-refractivity contribution in [2.24, 2.45) is 5.92 Å². The first-order valence-corrected chi connectivity index (χ1v) is 9.16. The predicted molar refractivity (Wildman–Crippen MR) is 101 cm³/mol. The van der Waals surface area contributed by atoms with Crippen LogP contribution in [-0.4, -0.2) is 37.6 Å². The van der Waals surface area contributed by atoms with Crippen LogP contribution in [0.5, 0.6) is 5.75 Å². The minimum Gasteiger partial charge on any atom is -0.486 e. The molecule has 1 aliphatic rings. The molecule has 0 aliphatic carbocycles. The second kappa shape index (κ2) is 8.49. The van der Waals surface area contributed by atoms with Crippen molar-refractivity contribution in [1.82, 2.24) is 4.90 Å². The van der Waals surface area contributed by atoms with Gasteiger partial charge in [0, 0.05) is 44.9 Å². The Morgan fingerprint density at radius 2 is 1.65 bits per heavy atom. The van der Waals surface area contributed by atoms with Crippen molar-refractivity contribution >= 4 is 5.69 Å². The molecule has 2 aromatic carbocycles. The van der Waals surface area contributed by atoms with E-state index in [4.69, 9.17) is 4.74 Å². The van der Waals surface area contributed by atoms with Gasteiger partial charge in [-0.15, -0.1) is 0 Å². The van der Waals surface area contributed by atoms with Gasteiger partial charge >= 0.3 is 0 Å². The molecule has 0 spiro atoms. The Morgan fingerprint density at radius 3 is 2.31 bits per heavy atom. The standard InChI is InChI=1S/C21H26F2N2O/c1-16(2)14-24-8-10-25(11-9-24)20-12-19(23)21(13-18(20)22)26-15-17-6-4-3-5-7-17/h3-7,12-13,16H,8-11,14-15H2,1-2H3. The fourth-order valence-corrected chi connectivity index (χ4v) is 3.29. The van der Waals surface area contributed by atoms with Crippen LogP contribution in [0, 0.1) is 17.6 Å². The van der Waals surface area contributed by atoms with E-state index in [2.05, 4.69) is 18.7 Å². The number of rotatable bonds is 6. The van der Waals surface area contributed by atoms with Gasteiger partial charge in [-0.1, -0.05) is 44.2 Å². The maximum Gasteiger partial charge on any atom is 0.167 e. The summed E-state index contributed by atoms with van der Waals surface area (Å²) in [4.78, 5) is 4.28. The lowest BCUT2D eigenvalue weighted by atomic mass is 10.1. The zero-order chi connectivity index (χ0) is 18.5. The third-order valence-electron chi connectivity index (χ3n) is 4.57. The highest BCUT2D eigenvalue weighted by Gasteiger charge is 2.22. The minimum atomic E-state index is -0.526. The summed E-state index contributed by atoms with van der Waals surface area (Å²) in [5.41, 5.74) is 1.23. The average Bonchev–Trinajstić information content (AvgIpc) is 2.63. The van der Waals surface area contributed by atoms with Crippen LogP contribution in [0.1, 0.15) is 19.4 Å². The van der Waals surface area contributed by atoms with Gasteiger partial charge in [0.1, 0.15) is 12.4 Å². The fraction of sp³-hybridized carbons (Fsp3) is 0.429. The predicted octanol–water partition coefficient (Wildman–Crippen LogP) is 4.32. The Kier molecular flexibility index (Phi) is 6.09. The second-order valence-corrected chi connectivity index (χ2v) is 7.19. The molecule has 140 valence electrons. The second-order valence-electron chi connectivity index (χ2n) is 7.19. The molecule has 0 bridgehead atoms. The summed E-state index contributed by atoms with van der Waals surface area (Å²) in [6.45, 7) is 8.77. The lowest BCUT2D eigenvalue weighted by Gasteiger charge is -2.37. The van der Waals surface area contributed by atoms with Crippen LogP contribution in [0.2, 0.25) is 0 Å². The molecule has 0 N–H and O–H groups in total. The molecule has 1 fully saturated rings. The van der Waals surface area contributed by atoms with E-state index in [1.54, 1.807) is 0 Å². The van der Waals surface area contributed by atoms with Crippen molar-refractivity contribution in [2.75, 3.05) is 37.6 Å². The summed E-state index contributed by atoms with van der Waals surface area (Å²) in [5, 5.41) is 0. The van der Waals surface area contributed by atoms with Crippen LogP contribution in [0.3, 0.4) is 0 Å². The normalized spacial score (nSPS) is 15.5. The summed E-state index contributed by atoms with van der Waals surface area (Å²) in [6.07, 6.45) is 0. The maximum atomic E-state index is 14.5. The molecule has 0 saturated carbocycles. The number of anilines is 1. The number of ether oxygens (including phenoxy) is 1. The molecule has 3 nitrogen and oxygen atoms in total. The summed E-state index contributed by atoms with van der Waals surface area (Å²) in [6, 6.07) is 11.9. The third-order valence-corrected chi connectivity index (χ3v) is 4.57. The van der Waals surface area contributed by atoms with E-state index >= 15 is 0 Å². The highest BCUT2D eigenvalue weighted by molar-refractivity contribution is 5.51. The van der Waals surface area contributed by atoms with E-state index in [1.807, 2.05) is 35.2 Å². The lowest BCUT2D eigenvalue weighted by Crippen LogP contribution is -2.47. The van der Waals surface area contributed by atoms with Gasteiger partial charge in [-0.2, -0.15) is 0 Å². The van der Waals surface area contributed by atoms with Crippen LogP contribution in [0.4, 0.5) is 14.5 Å². The van der Waals surface area contributed by atoms with Crippen LogP contribution >= 0.6 is 0 Å². The fourth-order valence-electron chi connectivity index (χ4n) is 3.29. The molecule has 0 atom stereocenters. The first-order valence-electron chi connectivity index (χ1n) is 9.16. The summed E-state index contributed by atoms with van der Waals surface area (Å²) < 4.78 is 34.4. The number of nitrogens with zero attached hydrogens (tertiary/aromatic N) is 2. The molecule has 0 aromatic heterocycles. The first kappa shape index (κ1) is 18.6. The first-order chi connectivity index (χ1) is 12.5. The van der Waals surface area contributed by atoms with Gasteiger partial charge in [0.05, 0.1) is 5.69 Å². The van der Waals surface area contributed by atoms with Gasteiger partial charge < -0.3 is 9.64 Å². The van der Waals surface area contributed by atoms with Gasteiger partial charge in [0.2, 0.25) is 0 Å². The summed E-state index contributed by atoms with van der Waals surface area (Å²) in [5.74, 6) is -0.404. The SMILES string of the molecule is CC(C)CN1CCN(c2cc(F)c(OCc3ccccc3)cc2F)CC1. The molecule has 3 rings (SSSR count). The van der Waals surface area contributed by atoms with Gasteiger partial charge in [-0.25, -0.2) is 8.78 Å². The Bertz CT molecular complexity index is 713. The zero-order valence-corrected chi connectivity index (χ0v) is 15.4. The largest absolute Gasteiger partial charge is 0.486 e. The third kappa shape index (κ3) is 4.73. The van der Waals surface area contributed by atoms with Crippen molar-refractivity contribution in [1.29, 1.82) is 0 Å². The number of benzene rings is 2.